The van der Waals surface area contributed by atoms with Crippen LogP contribution in [-0.2, 0) is 0 Å². The van der Waals surface area contributed by atoms with E-state index in [9.17, 15) is 0 Å². The van der Waals surface area contributed by atoms with Crippen LogP contribution in [-0.4, -0.2) is 13.7 Å². The Kier molecular flexibility index (Phi) is 5.65. The number of thiophene rings is 1. The Labute approximate surface area is 302 Å². The molecule has 12 aromatic rings. The van der Waals surface area contributed by atoms with E-state index in [-0.39, 0.29) is 0 Å². The van der Waals surface area contributed by atoms with Crippen LogP contribution in [0.1, 0.15) is 0 Å². The largest absolute Gasteiger partial charge is 0.309 e. The molecule has 0 aliphatic rings. The predicted molar refractivity (Wildman–Crippen MR) is 222 cm³/mol. The Hall–Kier alpha value is -6.62. The van der Waals surface area contributed by atoms with Gasteiger partial charge in [-0.1, -0.05) is 109 Å². The average Bonchev–Trinajstić information content (AvgIpc) is 3.94. The Morgan fingerprint density at radius 3 is 1.73 bits per heavy atom. The molecule has 8 aromatic carbocycles. The molecule has 242 valence electrons. The van der Waals surface area contributed by atoms with Gasteiger partial charge in [0, 0.05) is 59.2 Å². The van der Waals surface area contributed by atoms with E-state index in [1.54, 1.807) is 0 Å². The van der Waals surface area contributed by atoms with Crippen LogP contribution in [0.25, 0.3) is 103 Å². The van der Waals surface area contributed by atoms with Gasteiger partial charge in [-0.3, -0.25) is 0 Å². The monoisotopic (exact) mass is 679 g/mol. The zero-order valence-electron chi connectivity index (χ0n) is 28.0. The molecule has 0 atom stereocenters. The topological polar surface area (TPSA) is 14.8 Å². The summed E-state index contributed by atoms with van der Waals surface area (Å²) in [4.78, 5) is 0. The van der Waals surface area contributed by atoms with Crippen molar-refractivity contribution in [2.75, 3.05) is 0 Å². The van der Waals surface area contributed by atoms with Crippen molar-refractivity contribution >= 4 is 96.9 Å². The molecule has 0 fully saturated rings. The molecule has 0 saturated carbocycles. The van der Waals surface area contributed by atoms with Crippen molar-refractivity contribution in [3.63, 3.8) is 0 Å². The van der Waals surface area contributed by atoms with Gasteiger partial charge in [-0.15, -0.1) is 11.3 Å². The molecule has 0 unspecified atom stereocenters. The van der Waals surface area contributed by atoms with E-state index in [1.165, 1.54) is 97.0 Å². The first-order valence-corrected chi connectivity index (χ1v) is 18.6. The van der Waals surface area contributed by atoms with Gasteiger partial charge in [-0.2, -0.15) is 0 Å². The number of aromatic nitrogens is 3. The molecule has 0 bridgehead atoms. The third-order valence-corrected chi connectivity index (χ3v) is 12.2. The highest BCUT2D eigenvalue weighted by Gasteiger charge is 2.23. The zero-order chi connectivity index (χ0) is 33.9. The van der Waals surface area contributed by atoms with Gasteiger partial charge in [0.1, 0.15) is 0 Å². The van der Waals surface area contributed by atoms with Crippen LogP contribution in [0.4, 0.5) is 0 Å². The fraction of sp³-hybridized carbons (Fsp3) is 0. The second-order valence-corrected chi connectivity index (χ2v) is 14.8. The quantitative estimate of drug-likeness (QED) is 0.177. The number of nitrogens with zero attached hydrogens (tertiary/aromatic N) is 3. The maximum absolute atomic E-state index is 2.51. The summed E-state index contributed by atoms with van der Waals surface area (Å²) < 4.78 is 10.0. The van der Waals surface area contributed by atoms with E-state index in [2.05, 4.69) is 190 Å². The maximum Gasteiger partial charge on any atom is 0.0641 e. The number of benzene rings is 8. The summed E-state index contributed by atoms with van der Waals surface area (Å²) in [7, 11) is 0. The van der Waals surface area contributed by atoms with Crippen molar-refractivity contribution in [2.24, 2.45) is 0 Å². The SMILES string of the molecule is c1ccc(-n2c3ccccc3c3cc(-n4c5ccccc5c5ccc6c(c7ccccc7n6-c6cccc7c6sc6ccccc67)c54)ccc32)cc1. The molecule has 12 rings (SSSR count). The molecule has 4 heterocycles. The molecular weight excluding hydrogens is 651 g/mol. The molecule has 3 nitrogen and oxygen atoms in total. The van der Waals surface area contributed by atoms with Gasteiger partial charge in [0.05, 0.1) is 43.5 Å². The highest BCUT2D eigenvalue weighted by molar-refractivity contribution is 7.26. The lowest BCUT2D eigenvalue weighted by Gasteiger charge is -2.12. The van der Waals surface area contributed by atoms with Crippen molar-refractivity contribution < 1.29 is 0 Å². The lowest BCUT2D eigenvalue weighted by atomic mass is 10.1. The zero-order valence-corrected chi connectivity index (χ0v) is 28.8. The lowest BCUT2D eigenvalue weighted by molar-refractivity contribution is 1.17. The van der Waals surface area contributed by atoms with Crippen LogP contribution in [0.5, 0.6) is 0 Å². The van der Waals surface area contributed by atoms with Crippen LogP contribution in [0.15, 0.2) is 176 Å². The number of hydrogen-bond donors (Lipinski definition) is 0. The molecule has 52 heavy (non-hydrogen) atoms. The molecule has 0 spiro atoms. The van der Waals surface area contributed by atoms with Crippen LogP contribution < -0.4 is 0 Å². The van der Waals surface area contributed by atoms with Crippen LogP contribution in [0.3, 0.4) is 0 Å². The highest BCUT2D eigenvalue weighted by Crippen LogP contribution is 2.45. The summed E-state index contributed by atoms with van der Waals surface area (Å²) in [5.74, 6) is 0. The molecule has 0 saturated heterocycles. The van der Waals surface area contributed by atoms with Gasteiger partial charge < -0.3 is 13.7 Å². The summed E-state index contributed by atoms with van der Waals surface area (Å²) in [5.41, 5.74) is 10.8. The van der Waals surface area contributed by atoms with Crippen LogP contribution >= 0.6 is 11.3 Å². The summed E-state index contributed by atoms with van der Waals surface area (Å²) in [6.07, 6.45) is 0. The van der Waals surface area contributed by atoms with E-state index >= 15 is 0 Å². The molecule has 0 radical (unpaired) electrons. The minimum Gasteiger partial charge on any atom is -0.309 e. The Morgan fingerprint density at radius 1 is 0.327 bits per heavy atom. The van der Waals surface area contributed by atoms with E-state index in [1.807, 2.05) is 11.3 Å². The summed E-state index contributed by atoms with van der Waals surface area (Å²) in [5, 5.41) is 10.2. The second kappa shape index (κ2) is 10.5. The standard InChI is InChI=1S/C48H29N3S/c1-2-13-30(14-3-1)49-39-20-8-5-16-33(39)38-29-31(25-27-42(38)49)50-40-21-9-4-15-32(40)35-26-28-43-46(47(35)50)37-18-6-10-22-41(37)51(43)44-23-12-19-36-34-17-7-11-24-45(34)52-48(36)44/h1-29H. The molecule has 0 aliphatic heterocycles. The molecule has 0 N–H and O–H groups in total. The first-order valence-electron chi connectivity index (χ1n) is 17.8. The van der Waals surface area contributed by atoms with Gasteiger partial charge in [0.15, 0.2) is 0 Å². The van der Waals surface area contributed by atoms with Crippen LogP contribution in [0.2, 0.25) is 0 Å². The number of para-hydroxylation sites is 4. The van der Waals surface area contributed by atoms with E-state index in [0.29, 0.717) is 0 Å². The maximum atomic E-state index is 2.51. The summed E-state index contributed by atoms with van der Waals surface area (Å²) >= 11 is 1.89. The minimum atomic E-state index is 1.16. The van der Waals surface area contributed by atoms with Crippen molar-refractivity contribution in [3.8, 4) is 17.1 Å². The predicted octanol–water partition coefficient (Wildman–Crippen LogP) is 13.3. The number of hydrogen-bond acceptors (Lipinski definition) is 1. The Morgan fingerprint density at radius 2 is 0.923 bits per heavy atom. The Bertz CT molecular complexity index is 3410. The molecule has 0 amide bonds. The first-order chi connectivity index (χ1) is 25.8. The lowest BCUT2D eigenvalue weighted by Crippen LogP contribution is -1.96. The highest BCUT2D eigenvalue weighted by atomic mass is 32.1. The molecule has 4 aromatic heterocycles. The number of fused-ring (bicyclic) bond motifs is 13. The third-order valence-electron chi connectivity index (χ3n) is 11.0. The van der Waals surface area contributed by atoms with Gasteiger partial charge in [-0.05, 0) is 66.7 Å². The average molecular weight is 680 g/mol. The van der Waals surface area contributed by atoms with E-state index in [0.717, 1.165) is 5.69 Å². The van der Waals surface area contributed by atoms with Gasteiger partial charge in [0.2, 0.25) is 0 Å². The number of rotatable bonds is 3. The van der Waals surface area contributed by atoms with Crippen molar-refractivity contribution in [3.05, 3.63) is 176 Å². The second-order valence-electron chi connectivity index (χ2n) is 13.7. The third kappa shape index (κ3) is 3.69. The summed E-state index contributed by atoms with van der Waals surface area (Å²) in [6.45, 7) is 0. The van der Waals surface area contributed by atoms with E-state index in [4.69, 9.17) is 0 Å². The van der Waals surface area contributed by atoms with Crippen molar-refractivity contribution in [1.29, 1.82) is 0 Å². The normalized spacial score (nSPS) is 12.2. The summed E-state index contributed by atoms with van der Waals surface area (Å²) in [6, 6.07) is 64.6. The van der Waals surface area contributed by atoms with Crippen molar-refractivity contribution in [1.82, 2.24) is 13.7 Å². The van der Waals surface area contributed by atoms with Gasteiger partial charge >= 0.3 is 0 Å². The van der Waals surface area contributed by atoms with Crippen molar-refractivity contribution in [2.45, 2.75) is 0 Å². The molecular formula is C48H29N3S. The first kappa shape index (κ1) is 28.1. The van der Waals surface area contributed by atoms with Crippen LogP contribution in [0, 0.1) is 0 Å². The Balaban J connectivity index is 1.21. The van der Waals surface area contributed by atoms with E-state index < -0.39 is 0 Å². The fourth-order valence-corrected chi connectivity index (χ4v) is 10.1. The molecule has 4 heteroatoms. The smallest absolute Gasteiger partial charge is 0.0641 e. The molecule has 0 aliphatic carbocycles. The van der Waals surface area contributed by atoms with Gasteiger partial charge in [0.25, 0.3) is 0 Å². The minimum absolute atomic E-state index is 1.16. The van der Waals surface area contributed by atoms with Gasteiger partial charge in [-0.25, -0.2) is 0 Å². The fourth-order valence-electron chi connectivity index (χ4n) is 8.90.